The summed E-state index contributed by atoms with van der Waals surface area (Å²) in [6.07, 6.45) is 10.5. The molecule has 2 amide bonds. The molecule has 0 aromatic carbocycles. The second-order valence-corrected chi connectivity index (χ2v) is 7.42. The van der Waals surface area contributed by atoms with Gasteiger partial charge in [0.2, 0.25) is 0 Å². The standard InChI is InChI=1S/C18H28N4O3/c1-22-11-15(16(21-22)12-5-3-2-4-6-12)20-18(25)19-14-9-7-13(8-10-14)17(23)24/h11-14H,2-10H2,1H3,(H,23,24)(H2,19,20,25). The molecule has 2 fully saturated rings. The molecule has 0 saturated heterocycles. The van der Waals surface area contributed by atoms with E-state index in [1.54, 1.807) is 4.68 Å². The monoisotopic (exact) mass is 348 g/mol. The van der Waals surface area contributed by atoms with Gasteiger partial charge in [-0.05, 0) is 38.5 Å². The predicted molar refractivity (Wildman–Crippen MR) is 94.6 cm³/mol. The van der Waals surface area contributed by atoms with Crippen LogP contribution < -0.4 is 10.6 Å². The molecule has 1 aromatic rings. The zero-order valence-electron chi connectivity index (χ0n) is 14.8. The second-order valence-electron chi connectivity index (χ2n) is 7.42. The van der Waals surface area contributed by atoms with Crippen molar-refractivity contribution in [1.82, 2.24) is 15.1 Å². The topological polar surface area (TPSA) is 96.2 Å². The van der Waals surface area contributed by atoms with E-state index in [-0.39, 0.29) is 18.0 Å². The number of carbonyl (C=O) groups excluding carboxylic acids is 1. The summed E-state index contributed by atoms with van der Waals surface area (Å²) in [5, 5.41) is 19.6. The quantitative estimate of drug-likeness (QED) is 0.778. The van der Waals surface area contributed by atoms with Crippen molar-refractivity contribution in [2.75, 3.05) is 5.32 Å². The van der Waals surface area contributed by atoms with Gasteiger partial charge in [0.15, 0.2) is 0 Å². The fourth-order valence-electron chi connectivity index (χ4n) is 4.11. The summed E-state index contributed by atoms with van der Waals surface area (Å²) < 4.78 is 1.76. The Kier molecular flexibility index (Phi) is 5.60. The number of aromatic nitrogens is 2. The van der Waals surface area contributed by atoms with Gasteiger partial charge in [0.1, 0.15) is 0 Å². The number of amides is 2. The summed E-state index contributed by atoms with van der Waals surface area (Å²) in [5.74, 6) is -0.566. The summed E-state index contributed by atoms with van der Waals surface area (Å²) in [6.45, 7) is 0. The maximum Gasteiger partial charge on any atom is 0.319 e. The molecule has 7 heteroatoms. The van der Waals surface area contributed by atoms with Gasteiger partial charge in [0, 0.05) is 25.2 Å². The lowest BCUT2D eigenvalue weighted by Gasteiger charge is -2.27. The molecule has 7 nitrogen and oxygen atoms in total. The van der Waals surface area contributed by atoms with Crippen LogP contribution in [0.3, 0.4) is 0 Å². The van der Waals surface area contributed by atoms with Crippen LogP contribution >= 0.6 is 0 Å². The normalized spacial score (nSPS) is 24.7. The summed E-state index contributed by atoms with van der Waals surface area (Å²) in [6, 6.07) is -0.172. The molecule has 0 atom stereocenters. The molecule has 0 unspecified atom stereocenters. The lowest BCUT2D eigenvalue weighted by Crippen LogP contribution is -2.41. The highest BCUT2D eigenvalue weighted by Crippen LogP contribution is 2.35. The van der Waals surface area contributed by atoms with Crippen LogP contribution in [0.4, 0.5) is 10.5 Å². The van der Waals surface area contributed by atoms with E-state index in [2.05, 4.69) is 15.7 Å². The first-order valence-corrected chi connectivity index (χ1v) is 9.37. The third-order valence-electron chi connectivity index (χ3n) is 5.51. The predicted octanol–water partition coefficient (Wildman–Crippen LogP) is 3.23. The maximum absolute atomic E-state index is 12.4. The third kappa shape index (κ3) is 4.52. The Morgan fingerprint density at radius 1 is 1.12 bits per heavy atom. The Balaban J connectivity index is 1.55. The van der Waals surface area contributed by atoms with Crippen LogP contribution in [-0.4, -0.2) is 32.9 Å². The first-order chi connectivity index (χ1) is 12.0. The number of rotatable bonds is 4. The minimum absolute atomic E-state index is 0.0467. The van der Waals surface area contributed by atoms with E-state index in [0.717, 1.165) is 24.2 Å². The lowest BCUT2D eigenvalue weighted by atomic mass is 9.86. The van der Waals surface area contributed by atoms with Gasteiger partial charge in [-0.3, -0.25) is 9.48 Å². The number of aryl methyl sites for hydroxylation is 1. The van der Waals surface area contributed by atoms with E-state index < -0.39 is 5.97 Å². The van der Waals surface area contributed by atoms with E-state index in [1.807, 2.05) is 13.2 Å². The van der Waals surface area contributed by atoms with Crippen LogP contribution in [0.1, 0.15) is 69.4 Å². The van der Waals surface area contributed by atoms with Gasteiger partial charge in [0.25, 0.3) is 0 Å². The fourth-order valence-corrected chi connectivity index (χ4v) is 4.11. The minimum atomic E-state index is -0.726. The molecule has 3 rings (SSSR count). The van der Waals surface area contributed by atoms with Crippen molar-refractivity contribution in [3.05, 3.63) is 11.9 Å². The molecule has 2 aliphatic carbocycles. The second kappa shape index (κ2) is 7.89. The molecule has 3 N–H and O–H groups in total. The Morgan fingerprint density at radius 2 is 1.80 bits per heavy atom. The molecular formula is C18H28N4O3. The van der Waals surface area contributed by atoms with Gasteiger partial charge < -0.3 is 15.7 Å². The molecule has 1 heterocycles. The zero-order valence-corrected chi connectivity index (χ0v) is 14.8. The molecule has 25 heavy (non-hydrogen) atoms. The van der Waals surface area contributed by atoms with Gasteiger partial charge in [-0.15, -0.1) is 0 Å². The number of hydrogen-bond acceptors (Lipinski definition) is 3. The van der Waals surface area contributed by atoms with Crippen molar-refractivity contribution in [3.8, 4) is 0 Å². The number of hydrogen-bond donors (Lipinski definition) is 3. The highest BCUT2D eigenvalue weighted by atomic mass is 16.4. The van der Waals surface area contributed by atoms with Crippen LogP contribution in [0.2, 0.25) is 0 Å². The number of aliphatic carboxylic acids is 1. The van der Waals surface area contributed by atoms with Crippen LogP contribution in [0.25, 0.3) is 0 Å². The molecule has 0 radical (unpaired) electrons. The molecule has 0 spiro atoms. The van der Waals surface area contributed by atoms with E-state index in [1.165, 1.54) is 19.3 Å². The number of carboxylic acid groups (broad SMARTS) is 1. The number of urea groups is 1. The number of carbonyl (C=O) groups is 2. The number of anilines is 1. The van der Waals surface area contributed by atoms with Gasteiger partial charge in [0.05, 0.1) is 17.3 Å². The molecule has 2 aliphatic rings. The van der Waals surface area contributed by atoms with Gasteiger partial charge in [-0.25, -0.2) is 4.79 Å². The average molecular weight is 348 g/mol. The molecule has 1 aromatic heterocycles. The van der Waals surface area contributed by atoms with E-state index in [9.17, 15) is 9.59 Å². The van der Waals surface area contributed by atoms with Crippen molar-refractivity contribution in [1.29, 1.82) is 0 Å². The summed E-state index contributed by atoms with van der Waals surface area (Å²) in [5.41, 5.74) is 1.79. The highest BCUT2D eigenvalue weighted by Gasteiger charge is 2.27. The zero-order chi connectivity index (χ0) is 17.8. The smallest absolute Gasteiger partial charge is 0.319 e. The van der Waals surface area contributed by atoms with Crippen molar-refractivity contribution < 1.29 is 14.7 Å². The van der Waals surface area contributed by atoms with Crippen molar-refractivity contribution >= 4 is 17.7 Å². The summed E-state index contributed by atoms with van der Waals surface area (Å²) in [4.78, 5) is 23.4. The van der Waals surface area contributed by atoms with E-state index in [4.69, 9.17) is 5.11 Å². The first kappa shape index (κ1) is 17.8. The third-order valence-corrected chi connectivity index (χ3v) is 5.51. The van der Waals surface area contributed by atoms with Gasteiger partial charge >= 0.3 is 12.0 Å². The molecule has 0 aliphatic heterocycles. The van der Waals surface area contributed by atoms with Crippen molar-refractivity contribution in [2.45, 2.75) is 69.7 Å². The van der Waals surface area contributed by atoms with Crippen LogP contribution in [-0.2, 0) is 11.8 Å². The van der Waals surface area contributed by atoms with Crippen LogP contribution in [0, 0.1) is 5.92 Å². The molecule has 2 saturated carbocycles. The van der Waals surface area contributed by atoms with E-state index in [0.29, 0.717) is 31.6 Å². The molecule has 0 bridgehead atoms. The summed E-state index contributed by atoms with van der Waals surface area (Å²) >= 11 is 0. The Hall–Kier alpha value is -2.05. The van der Waals surface area contributed by atoms with E-state index >= 15 is 0 Å². The van der Waals surface area contributed by atoms with Gasteiger partial charge in [-0.2, -0.15) is 5.10 Å². The minimum Gasteiger partial charge on any atom is -0.481 e. The number of carboxylic acids is 1. The lowest BCUT2D eigenvalue weighted by molar-refractivity contribution is -0.142. The fraction of sp³-hybridized carbons (Fsp3) is 0.722. The Labute approximate surface area is 148 Å². The summed E-state index contributed by atoms with van der Waals surface area (Å²) in [7, 11) is 1.88. The molecular weight excluding hydrogens is 320 g/mol. The SMILES string of the molecule is Cn1cc(NC(=O)NC2CCC(C(=O)O)CC2)c(C2CCCCC2)n1. The van der Waals surface area contributed by atoms with Gasteiger partial charge in [-0.1, -0.05) is 19.3 Å². The van der Waals surface area contributed by atoms with Crippen LogP contribution in [0.5, 0.6) is 0 Å². The van der Waals surface area contributed by atoms with Crippen molar-refractivity contribution in [3.63, 3.8) is 0 Å². The Morgan fingerprint density at radius 3 is 2.44 bits per heavy atom. The average Bonchev–Trinajstić information content (AvgIpc) is 2.96. The highest BCUT2D eigenvalue weighted by molar-refractivity contribution is 5.90. The van der Waals surface area contributed by atoms with Crippen molar-refractivity contribution in [2.24, 2.45) is 13.0 Å². The largest absolute Gasteiger partial charge is 0.481 e. The number of nitrogens with one attached hydrogen (secondary N) is 2. The first-order valence-electron chi connectivity index (χ1n) is 9.37. The molecule has 138 valence electrons. The maximum atomic E-state index is 12.4. The number of nitrogens with zero attached hydrogens (tertiary/aromatic N) is 2. The Bertz CT molecular complexity index is 614. The van der Waals surface area contributed by atoms with Crippen LogP contribution in [0.15, 0.2) is 6.20 Å².